The van der Waals surface area contributed by atoms with Crippen molar-refractivity contribution in [2.75, 3.05) is 5.32 Å². The zero-order valence-electron chi connectivity index (χ0n) is 10.9. The van der Waals surface area contributed by atoms with Crippen molar-refractivity contribution in [1.82, 2.24) is 9.78 Å². The van der Waals surface area contributed by atoms with Crippen LogP contribution in [0.4, 0.5) is 11.5 Å². The first-order chi connectivity index (χ1) is 9.25. The molecule has 1 fully saturated rings. The SMILES string of the molecule is Cn1nccc1Nc1ccccc1C1(C#N)CCC1. The van der Waals surface area contributed by atoms with Crippen LogP contribution in [0.2, 0.25) is 0 Å². The van der Waals surface area contributed by atoms with E-state index < -0.39 is 0 Å². The molecule has 19 heavy (non-hydrogen) atoms. The van der Waals surface area contributed by atoms with Gasteiger partial charge < -0.3 is 5.32 Å². The Morgan fingerprint density at radius 1 is 1.32 bits per heavy atom. The lowest BCUT2D eigenvalue weighted by Gasteiger charge is -2.37. The summed E-state index contributed by atoms with van der Waals surface area (Å²) in [5.74, 6) is 0.930. The van der Waals surface area contributed by atoms with Gasteiger partial charge in [0.25, 0.3) is 0 Å². The van der Waals surface area contributed by atoms with Crippen LogP contribution in [0.25, 0.3) is 0 Å². The largest absolute Gasteiger partial charge is 0.340 e. The third kappa shape index (κ3) is 1.88. The number of rotatable bonds is 3. The van der Waals surface area contributed by atoms with Crippen molar-refractivity contribution in [1.29, 1.82) is 5.26 Å². The molecule has 96 valence electrons. The van der Waals surface area contributed by atoms with Crippen LogP contribution in [0.5, 0.6) is 0 Å². The lowest BCUT2D eigenvalue weighted by Crippen LogP contribution is -2.33. The minimum absolute atomic E-state index is 0.303. The van der Waals surface area contributed by atoms with Gasteiger partial charge in [0, 0.05) is 18.8 Å². The molecule has 1 heterocycles. The second-order valence-corrected chi connectivity index (χ2v) is 5.06. The van der Waals surface area contributed by atoms with Crippen molar-refractivity contribution in [3.8, 4) is 6.07 Å². The monoisotopic (exact) mass is 252 g/mol. The van der Waals surface area contributed by atoms with Crippen LogP contribution in [0.3, 0.4) is 0 Å². The molecule has 0 bridgehead atoms. The van der Waals surface area contributed by atoms with Gasteiger partial charge >= 0.3 is 0 Å². The Labute approximate surface area is 112 Å². The standard InChI is InChI=1S/C15H16N4/c1-19-14(7-10-17-19)18-13-6-3-2-5-12(13)15(11-16)8-4-9-15/h2-3,5-7,10,18H,4,8-9H2,1H3. The molecule has 0 spiro atoms. The summed E-state index contributed by atoms with van der Waals surface area (Å²) in [7, 11) is 1.90. The summed E-state index contributed by atoms with van der Waals surface area (Å²) >= 11 is 0. The van der Waals surface area contributed by atoms with Gasteiger partial charge in [-0.05, 0) is 30.9 Å². The number of hydrogen-bond acceptors (Lipinski definition) is 3. The van der Waals surface area contributed by atoms with Crippen molar-refractivity contribution >= 4 is 11.5 Å². The molecule has 1 aliphatic carbocycles. The number of hydrogen-bond donors (Lipinski definition) is 1. The Balaban J connectivity index is 1.99. The molecule has 0 atom stereocenters. The van der Waals surface area contributed by atoms with E-state index in [1.54, 1.807) is 10.9 Å². The number of benzene rings is 1. The van der Waals surface area contributed by atoms with E-state index in [0.717, 1.165) is 36.3 Å². The Morgan fingerprint density at radius 2 is 2.11 bits per heavy atom. The fourth-order valence-electron chi connectivity index (χ4n) is 2.62. The zero-order chi connectivity index (χ0) is 13.3. The minimum Gasteiger partial charge on any atom is -0.340 e. The van der Waals surface area contributed by atoms with Crippen molar-refractivity contribution < 1.29 is 0 Å². The molecule has 0 aliphatic heterocycles. The molecule has 0 unspecified atom stereocenters. The van der Waals surface area contributed by atoms with E-state index in [1.165, 1.54) is 0 Å². The summed E-state index contributed by atoms with van der Waals surface area (Å²) in [6, 6.07) is 12.5. The number of aryl methyl sites for hydroxylation is 1. The van der Waals surface area contributed by atoms with E-state index in [0.29, 0.717) is 0 Å². The zero-order valence-corrected chi connectivity index (χ0v) is 10.9. The van der Waals surface area contributed by atoms with E-state index in [-0.39, 0.29) is 5.41 Å². The van der Waals surface area contributed by atoms with E-state index in [4.69, 9.17) is 0 Å². The molecular weight excluding hydrogens is 236 g/mol. The first kappa shape index (κ1) is 11.8. The van der Waals surface area contributed by atoms with Crippen molar-refractivity contribution in [2.24, 2.45) is 7.05 Å². The highest BCUT2D eigenvalue weighted by Crippen LogP contribution is 2.46. The molecule has 1 saturated carbocycles. The Kier molecular flexibility index (Phi) is 2.75. The summed E-state index contributed by atoms with van der Waals surface area (Å²) in [5.41, 5.74) is 1.81. The van der Waals surface area contributed by atoms with Crippen LogP contribution in [0.1, 0.15) is 24.8 Å². The van der Waals surface area contributed by atoms with Gasteiger partial charge in [0.1, 0.15) is 5.82 Å². The topological polar surface area (TPSA) is 53.6 Å². The predicted molar refractivity (Wildman–Crippen MR) is 74.1 cm³/mol. The normalized spacial score (nSPS) is 16.4. The third-order valence-corrected chi connectivity index (χ3v) is 3.95. The van der Waals surface area contributed by atoms with Crippen LogP contribution < -0.4 is 5.32 Å². The van der Waals surface area contributed by atoms with Crippen LogP contribution in [-0.2, 0) is 12.5 Å². The smallest absolute Gasteiger partial charge is 0.128 e. The lowest BCUT2D eigenvalue weighted by atomic mass is 9.65. The fourth-order valence-corrected chi connectivity index (χ4v) is 2.62. The summed E-state index contributed by atoms with van der Waals surface area (Å²) in [6.07, 6.45) is 4.79. The highest BCUT2D eigenvalue weighted by atomic mass is 15.3. The van der Waals surface area contributed by atoms with Crippen molar-refractivity contribution in [3.05, 3.63) is 42.1 Å². The molecular formula is C15H16N4. The van der Waals surface area contributed by atoms with E-state index in [1.807, 2.05) is 31.3 Å². The van der Waals surface area contributed by atoms with Gasteiger partial charge in [0.15, 0.2) is 0 Å². The molecule has 4 nitrogen and oxygen atoms in total. The molecule has 1 N–H and O–H groups in total. The van der Waals surface area contributed by atoms with Crippen molar-refractivity contribution in [2.45, 2.75) is 24.7 Å². The number of nitrogens with one attached hydrogen (secondary N) is 1. The second kappa shape index (κ2) is 4.43. The number of para-hydroxylation sites is 1. The summed E-state index contributed by atoms with van der Waals surface area (Å²) in [5, 5.41) is 17.0. The van der Waals surface area contributed by atoms with Gasteiger partial charge in [-0.15, -0.1) is 0 Å². The van der Waals surface area contributed by atoms with Crippen LogP contribution in [0.15, 0.2) is 36.5 Å². The van der Waals surface area contributed by atoms with Gasteiger partial charge in [-0.1, -0.05) is 18.2 Å². The molecule has 1 aromatic carbocycles. The summed E-state index contributed by atoms with van der Waals surface area (Å²) in [6.45, 7) is 0. The van der Waals surface area contributed by atoms with Crippen LogP contribution >= 0.6 is 0 Å². The molecule has 0 saturated heterocycles. The molecule has 0 amide bonds. The second-order valence-electron chi connectivity index (χ2n) is 5.06. The molecule has 3 rings (SSSR count). The van der Waals surface area contributed by atoms with E-state index in [2.05, 4.69) is 22.6 Å². The number of aromatic nitrogens is 2. The molecule has 1 aromatic heterocycles. The van der Waals surface area contributed by atoms with Gasteiger partial charge in [0.2, 0.25) is 0 Å². The first-order valence-corrected chi connectivity index (χ1v) is 6.51. The first-order valence-electron chi connectivity index (χ1n) is 6.51. The number of nitrogens with zero attached hydrogens (tertiary/aromatic N) is 3. The maximum atomic E-state index is 9.50. The highest BCUT2D eigenvalue weighted by molar-refractivity contribution is 5.64. The Morgan fingerprint density at radius 3 is 2.68 bits per heavy atom. The quantitative estimate of drug-likeness (QED) is 0.913. The van der Waals surface area contributed by atoms with Gasteiger partial charge in [-0.2, -0.15) is 10.4 Å². The minimum atomic E-state index is -0.303. The average Bonchev–Trinajstić information content (AvgIpc) is 2.77. The van der Waals surface area contributed by atoms with Crippen LogP contribution in [-0.4, -0.2) is 9.78 Å². The van der Waals surface area contributed by atoms with Gasteiger partial charge in [-0.25, -0.2) is 0 Å². The Hall–Kier alpha value is -2.28. The predicted octanol–water partition coefficient (Wildman–Crippen LogP) is 3.11. The van der Waals surface area contributed by atoms with Gasteiger partial charge in [-0.3, -0.25) is 4.68 Å². The molecule has 1 aliphatic rings. The molecule has 4 heteroatoms. The van der Waals surface area contributed by atoms with E-state index >= 15 is 0 Å². The summed E-state index contributed by atoms with van der Waals surface area (Å²) in [4.78, 5) is 0. The van der Waals surface area contributed by atoms with Crippen LogP contribution in [0, 0.1) is 11.3 Å². The maximum Gasteiger partial charge on any atom is 0.128 e. The number of nitriles is 1. The van der Waals surface area contributed by atoms with Gasteiger partial charge in [0.05, 0.1) is 17.7 Å². The summed E-state index contributed by atoms with van der Waals surface area (Å²) < 4.78 is 1.79. The lowest BCUT2D eigenvalue weighted by molar-refractivity contribution is 0.325. The fraction of sp³-hybridized carbons (Fsp3) is 0.333. The molecule has 0 radical (unpaired) electrons. The highest BCUT2D eigenvalue weighted by Gasteiger charge is 2.40. The average molecular weight is 252 g/mol. The Bertz CT molecular complexity index is 632. The molecule has 2 aromatic rings. The van der Waals surface area contributed by atoms with Crippen molar-refractivity contribution in [3.63, 3.8) is 0 Å². The number of anilines is 2. The maximum absolute atomic E-state index is 9.50. The third-order valence-electron chi connectivity index (χ3n) is 3.95. The van der Waals surface area contributed by atoms with E-state index in [9.17, 15) is 5.26 Å².